The molecule has 331 valence electrons. The maximum atomic E-state index is 7.39. The van der Waals surface area contributed by atoms with Gasteiger partial charge in [-0.2, -0.15) is 0 Å². The molecular formula is C63H54BN2OS. The van der Waals surface area contributed by atoms with E-state index in [9.17, 15) is 0 Å². The number of nitrogens with zero attached hydrogens (tertiary/aromatic N) is 1. The van der Waals surface area contributed by atoms with Crippen molar-refractivity contribution in [1.29, 1.82) is 0 Å². The average molecular weight is 898 g/mol. The van der Waals surface area contributed by atoms with Crippen LogP contribution in [0.25, 0.3) is 91.9 Å². The second kappa shape index (κ2) is 13.4. The number of rotatable bonds is 3. The van der Waals surface area contributed by atoms with Crippen LogP contribution in [0.5, 0.6) is 0 Å². The van der Waals surface area contributed by atoms with E-state index in [0.717, 1.165) is 51.9 Å². The van der Waals surface area contributed by atoms with Gasteiger partial charge in [0, 0.05) is 75.5 Å². The molecule has 0 bridgehead atoms. The predicted molar refractivity (Wildman–Crippen MR) is 293 cm³/mol. The van der Waals surface area contributed by atoms with Gasteiger partial charge in [0.25, 0.3) is 0 Å². The summed E-state index contributed by atoms with van der Waals surface area (Å²) in [7, 11) is 2.51. The molecule has 8 aromatic carbocycles. The van der Waals surface area contributed by atoms with E-state index in [1.807, 2.05) is 11.3 Å². The van der Waals surface area contributed by atoms with Crippen molar-refractivity contribution in [1.82, 2.24) is 4.57 Å². The first-order valence-electron chi connectivity index (χ1n) is 24.5. The third-order valence-electron chi connectivity index (χ3n) is 16.6. The lowest BCUT2D eigenvalue weighted by atomic mass is 9.58. The van der Waals surface area contributed by atoms with Crippen molar-refractivity contribution in [2.24, 2.45) is 0 Å². The minimum Gasteiger partial charge on any atom is -0.455 e. The number of fused-ring (bicyclic) bond motifs is 16. The van der Waals surface area contributed by atoms with Crippen LogP contribution >= 0.6 is 11.3 Å². The zero-order valence-corrected chi connectivity index (χ0v) is 41.3. The van der Waals surface area contributed by atoms with Crippen molar-refractivity contribution < 1.29 is 4.42 Å². The molecule has 0 unspecified atom stereocenters. The Labute approximate surface area is 403 Å². The number of thiophene rings is 1. The molecule has 11 aromatic rings. The highest BCUT2D eigenvalue weighted by atomic mass is 32.1. The standard InChI is InChI=1S/C63H54BN2OS/c1-60(2,3)34-22-24-35(25-23-34)65-48-31-44-39(36-16-10-13-19-43(36)63(44,8)9)28-41(48)56-57-58-54(55-38-18-11-14-20-51(38)67-59(55)56)42-29-45-46(62(6,7)27-26-61(45,4)5)32-49(42)66(58)50-33-53-40(30-47(50)64-57)37-17-12-15-21-52(37)68-53/h10-25,28-33,65H,26-27H2,1-9H3. The Kier molecular flexibility index (Phi) is 7.96. The third kappa shape index (κ3) is 5.43. The molecule has 3 nitrogen and oxygen atoms in total. The van der Waals surface area contributed by atoms with Gasteiger partial charge < -0.3 is 14.3 Å². The largest absolute Gasteiger partial charge is 0.455 e. The van der Waals surface area contributed by atoms with Gasteiger partial charge in [-0.05, 0) is 133 Å². The molecule has 0 fully saturated rings. The summed E-state index contributed by atoms with van der Waals surface area (Å²) in [5.74, 6) is 0. The highest BCUT2D eigenvalue weighted by molar-refractivity contribution is 7.25. The molecule has 3 aromatic heterocycles. The minimum atomic E-state index is -0.184. The van der Waals surface area contributed by atoms with Crippen molar-refractivity contribution in [3.63, 3.8) is 0 Å². The zero-order valence-electron chi connectivity index (χ0n) is 40.5. The third-order valence-corrected chi connectivity index (χ3v) is 17.8. The number of furan rings is 1. The Hall–Kier alpha value is -6.56. The monoisotopic (exact) mass is 897 g/mol. The topological polar surface area (TPSA) is 30.1 Å². The number of hydrogen-bond acceptors (Lipinski definition) is 3. The quantitative estimate of drug-likeness (QED) is 0.179. The van der Waals surface area contributed by atoms with Crippen LogP contribution in [0.1, 0.15) is 103 Å². The first kappa shape index (κ1) is 40.5. The van der Waals surface area contributed by atoms with Crippen molar-refractivity contribution >= 4 is 105 Å². The SMILES string of the molecule is CC(C)(C)c1ccc(Nc2cc3c(cc2-c2c4c5c(c6cc7c(cc6n5-c5cc6sc8ccccc8c6cc5[B]4)C(C)(C)CCC7(C)C)c4c2oc2ccccc24)-c2ccccc2C3(C)C)cc1. The first-order chi connectivity index (χ1) is 32.6. The Balaban J connectivity index is 1.17. The second-order valence-corrected chi connectivity index (χ2v) is 24.1. The van der Waals surface area contributed by atoms with Gasteiger partial charge in [-0.3, -0.25) is 0 Å². The van der Waals surface area contributed by atoms with Crippen LogP contribution in [0.15, 0.2) is 138 Å². The van der Waals surface area contributed by atoms with Gasteiger partial charge in [0.1, 0.15) is 11.2 Å². The fourth-order valence-electron chi connectivity index (χ4n) is 12.7. The van der Waals surface area contributed by atoms with E-state index >= 15 is 0 Å². The van der Waals surface area contributed by atoms with Crippen molar-refractivity contribution in [2.75, 3.05) is 5.32 Å². The normalized spacial score (nSPS) is 16.4. The number of hydrogen-bond donors (Lipinski definition) is 1. The molecule has 1 radical (unpaired) electrons. The van der Waals surface area contributed by atoms with Crippen molar-refractivity contribution in [3.8, 4) is 27.9 Å². The average Bonchev–Trinajstić information content (AvgIpc) is 4.04. The van der Waals surface area contributed by atoms with Crippen LogP contribution in [0.3, 0.4) is 0 Å². The van der Waals surface area contributed by atoms with Crippen LogP contribution < -0.4 is 16.2 Å². The highest BCUT2D eigenvalue weighted by Crippen LogP contribution is 2.55. The fraction of sp³-hybridized carbons (Fsp3) is 0.238. The maximum Gasteiger partial charge on any atom is 0.198 e. The highest BCUT2D eigenvalue weighted by Gasteiger charge is 2.41. The Bertz CT molecular complexity index is 4030. The van der Waals surface area contributed by atoms with Gasteiger partial charge in [-0.15, -0.1) is 11.3 Å². The van der Waals surface area contributed by atoms with E-state index in [2.05, 4.69) is 213 Å². The van der Waals surface area contributed by atoms with E-state index < -0.39 is 0 Å². The Morgan fingerprint density at radius 1 is 0.603 bits per heavy atom. The summed E-state index contributed by atoms with van der Waals surface area (Å²) in [5.41, 5.74) is 21.9. The van der Waals surface area contributed by atoms with Gasteiger partial charge in [-0.25, -0.2) is 0 Å². The van der Waals surface area contributed by atoms with Gasteiger partial charge in [-0.1, -0.05) is 147 Å². The van der Waals surface area contributed by atoms with E-state index in [1.54, 1.807) is 0 Å². The van der Waals surface area contributed by atoms with E-state index in [0.29, 0.717) is 0 Å². The molecule has 1 aliphatic heterocycles. The second-order valence-electron chi connectivity index (χ2n) is 23.0. The number of para-hydroxylation sites is 1. The summed E-state index contributed by atoms with van der Waals surface area (Å²) < 4.78 is 12.7. The molecule has 5 heteroatoms. The molecule has 0 saturated heterocycles. The number of anilines is 2. The van der Waals surface area contributed by atoms with Crippen molar-refractivity contribution in [2.45, 2.75) is 96.8 Å². The van der Waals surface area contributed by atoms with Gasteiger partial charge in [0.2, 0.25) is 0 Å². The lowest BCUT2D eigenvalue weighted by Gasteiger charge is -2.42. The lowest BCUT2D eigenvalue weighted by Crippen LogP contribution is -2.37. The molecule has 0 spiro atoms. The smallest absolute Gasteiger partial charge is 0.198 e. The molecule has 68 heavy (non-hydrogen) atoms. The number of benzene rings is 8. The summed E-state index contributed by atoms with van der Waals surface area (Å²) in [6, 6.07) is 50.8. The summed E-state index contributed by atoms with van der Waals surface area (Å²) in [6.07, 6.45) is 2.31. The predicted octanol–water partition coefficient (Wildman–Crippen LogP) is 16.4. The summed E-state index contributed by atoms with van der Waals surface area (Å²) >= 11 is 1.90. The van der Waals surface area contributed by atoms with Crippen LogP contribution in [-0.4, -0.2) is 11.8 Å². The molecule has 3 aliphatic rings. The summed E-state index contributed by atoms with van der Waals surface area (Å²) in [4.78, 5) is 0. The molecule has 1 N–H and O–H groups in total. The molecule has 4 heterocycles. The number of nitrogens with one attached hydrogen (secondary N) is 1. The lowest BCUT2D eigenvalue weighted by molar-refractivity contribution is 0.332. The molecule has 14 rings (SSSR count). The Morgan fingerprint density at radius 2 is 1.31 bits per heavy atom. The van der Waals surface area contributed by atoms with E-state index in [1.165, 1.54) is 103 Å². The van der Waals surface area contributed by atoms with Gasteiger partial charge in [0.15, 0.2) is 7.28 Å². The Morgan fingerprint density at radius 3 is 2.09 bits per heavy atom. The van der Waals surface area contributed by atoms with Crippen LogP contribution in [0.2, 0.25) is 0 Å². The fourth-order valence-corrected chi connectivity index (χ4v) is 13.9. The summed E-state index contributed by atoms with van der Waals surface area (Å²) in [6.45, 7) is 21.4. The maximum absolute atomic E-state index is 7.39. The number of aromatic nitrogens is 1. The van der Waals surface area contributed by atoms with E-state index in [-0.39, 0.29) is 21.7 Å². The van der Waals surface area contributed by atoms with Crippen LogP contribution in [0, 0.1) is 0 Å². The molecule has 0 saturated carbocycles. The van der Waals surface area contributed by atoms with Gasteiger partial charge in [0.05, 0.1) is 5.52 Å². The van der Waals surface area contributed by atoms with Gasteiger partial charge >= 0.3 is 0 Å². The minimum absolute atomic E-state index is 0.0423. The summed E-state index contributed by atoms with van der Waals surface area (Å²) in [5, 5.41) is 11.6. The molecule has 2 aliphatic carbocycles. The zero-order chi connectivity index (χ0) is 46.4. The van der Waals surface area contributed by atoms with Crippen LogP contribution in [-0.2, 0) is 21.7 Å². The molecule has 0 amide bonds. The van der Waals surface area contributed by atoms with Crippen LogP contribution in [0.4, 0.5) is 11.4 Å². The van der Waals surface area contributed by atoms with E-state index in [4.69, 9.17) is 4.42 Å². The molecule has 0 atom stereocenters. The molecular weight excluding hydrogens is 844 g/mol. The van der Waals surface area contributed by atoms with Crippen molar-refractivity contribution in [3.05, 3.63) is 161 Å². The first-order valence-corrected chi connectivity index (χ1v) is 25.4.